The third kappa shape index (κ3) is 1.84. The summed E-state index contributed by atoms with van der Waals surface area (Å²) in [7, 11) is -2.89. The van der Waals surface area contributed by atoms with Gasteiger partial charge in [-0.2, -0.15) is 0 Å². The first kappa shape index (κ1) is 12.0. The minimum Gasteiger partial charge on any atom is -0.311 e. The number of nitrogens with one attached hydrogen (secondary N) is 1. The molecule has 2 saturated carbocycles. The number of rotatable bonds is 0. The molecule has 3 atom stereocenters. The average Bonchev–Trinajstić information content (AvgIpc) is 2.74. The van der Waals surface area contributed by atoms with E-state index in [1.54, 1.807) is 0 Å². The number of hydrogen-bond donors (Lipinski definition) is 1. The molecule has 0 amide bonds. The van der Waals surface area contributed by atoms with E-state index in [0.717, 1.165) is 12.8 Å². The average molecular weight is 257 g/mol. The second kappa shape index (κ2) is 3.95. The number of sulfone groups is 1. The largest absolute Gasteiger partial charge is 0.311 e. The first-order chi connectivity index (χ1) is 8.04. The monoisotopic (exact) mass is 257 g/mol. The van der Waals surface area contributed by atoms with E-state index in [0.29, 0.717) is 12.0 Å². The Morgan fingerprint density at radius 1 is 1.18 bits per heavy atom. The van der Waals surface area contributed by atoms with Gasteiger partial charge in [0.2, 0.25) is 0 Å². The van der Waals surface area contributed by atoms with Crippen LogP contribution in [-0.2, 0) is 9.84 Å². The van der Waals surface area contributed by atoms with Crippen LogP contribution in [0.3, 0.4) is 0 Å². The molecule has 0 aromatic carbocycles. The molecule has 3 fully saturated rings. The zero-order valence-corrected chi connectivity index (χ0v) is 11.4. The summed E-state index contributed by atoms with van der Waals surface area (Å²) >= 11 is 0. The highest BCUT2D eigenvalue weighted by atomic mass is 32.2. The molecule has 1 N–H and O–H groups in total. The molecule has 1 heterocycles. The van der Waals surface area contributed by atoms with Gasteiger partial charge in [-0.25, -0.2) is 8.42 Å². The fourth-order valence-corrected chi connectivity index (χ4v) is 6.41. The van der Waals surface area contributed by atoms with Crippen molar-refractivity contribution in [1.82, 2.24) is 5.32 Å². The SMILES string of the molecule is CC1CNC2CCC3(CCCC3)CC2S1(=O)=O. The molecule has 3 aliphatic rings. The van der Waals surface area contributed by atoms with Gasteiger partial charge in [0.15, 0.2) is 9.84 Å². The molecule has 1 aliphatic heterocycles. The van der Waals surface area contributed by atoms with Gasteiger partial charge in [0.25, 0.3) is 0 Å². The Labute approximate surface area is 104 Å². The van der Waals surface area contributed by atoms with Crippen LogP contribution in [0.1, 0.15) is 51.9 Å². The summed E-state index contributed by atoms with van der Waals surface area (Å²) in [5.74, 6) is 0. The maximum absolute atomic E-state index is 12.4. The normalized spacial score (nSPS) is 43.5. The van der Waals surface area contributed by atoms with Crippen LogP contribution in [0.15, 0.2) is 0 Å². The molecule has 0 bridgehead atoms. The Morgan fingerprint density at radius 3 is 2.59 bits per heavy atom. The zero-order valence-electron chi connectivity index (χ0n) is 10.6. The number of fused-ring (bicyclic) bond motifs is 1. The molecule has 17 heavy (non-hydrogen) atoms. The van der Waals surface area contributed by atoms with Gasteiger partial charge >= 0.3 is 0 Å². The van der Waals surface area contributed by atoms with Gasteiger partial charge in [-0.05, 0) is 44.4 Å². The lowest BCUT2D eigenvalue weighted by molar-refractivity contribution is 0.166. The Kier molecular flexibility index (Phi) is 2.78. The molecule has 98 valence electrons. The molecule has 3 unspecified atom stereocenters. The molecule has 4 heteroatoms. The second-order valence-corrected chi connectivity index (χ2v) is 8.99. The van der Waals surface area contributed by atoms with Gasteiger partial charge in [-0.1, -0.05) is 12.8 Å². The summed E-state index contributed by atoms with van der Waals surface area (Å²) in [6, 6.07) is 0.238. The van der Waals surface area contributed by atoms with Crippen LogP contribution in [0.5, 0.6) is 0 Å². The van der Waals surface area contributed by atoms with Crippen molar-refractivity contribution in [2.24, 2.45) is 5.41 Å². The molecule has 1 spiro atoms. The van der Waals surface area contributed by atoms with E-state index in [4.69, 9.17) is 0 Å². The van der Waals surface area contributed by atoms with E-state index in [2.05, 4.69) is 5.32 Å². The van der Waals surface area contributed by atoms with Crippen molar-refractivity contribution in [1.29, 1.82) is 0 Å². The van der Waals surface area contributed by atoms with Gasteiger partial charge < -0.3 is 5.32 Å². The lowest BCUT2D eigenvalue weighted by Gasteiger charge is -2.46. The molecule has 2 aliphatic carbocycles. The highest BCUT2D eigenvalue weighted by molar-refractivity contribution is 7.92. The Hall–Kier alpha value is -0.0900. The molecular weight excluding hydrogens is 234 g/mol. The van der Waals surface area contributed by atoms with Crippen LogP contribution in [0.25, 0.3) is 0 Å². The summed E-state index contributed by atoms with van der Waals surface area (Å²) in [6.07, 6.45) is 8.38. The maximum Gasteiger partial charge on any atom is 0.158 e. The van der Waals surface area contributed by atoms with Crippen molar-refractivity contribution in [3.8, 4) is 0 Å². The third-order valence-corrected chi connectivity index (χ3v) is 8.01. The van der Waals surface area contributed by atoms with Gasteiger partial charge in [0, 0.05) is 12.6 Å². The lowest BCUT2D eigenvalue weighted by atomic mass is 9.71. The minimum atomic E-state index is -2.89. The summed E-state index contributed by atoms with van der Waals surface area (Å²) in [5.41, 5.74) is 0.382. The summed E-state index contributed by atoms with van der Waals surface area (Å²) < 4.78 is 24.9. The van der Waals surface area contributed by atoms with Crippen LogP contribution in [0.4, 0.5) is 0 Å². The lowest BCUT2D eigenvalue weighted by Crippen LogP contribution is -2.59. The first-order valence-electron chi connectivity index (χ1n) is 7.00. The van der Waals surface area contributed by atoms with Gasteiger partial charge in [0.05, 0.1) is 10.5 Å². The van der Waals surface area contributed by atoms with Crippen molar-refractivity contribution in [3.63, 3.8) is 0 Å². The highest BCUT2D eigenvalue weighted by Crippen LogP contribution is 2.51. The Balaban J connectivity index is 1.87. The van der Waals surface area contributed by atoms with Crippen molar-refractivity contribution in [2.45, 2.75) is 68.4 Å². The molecule has 0 radical (unpaired) electrons. The first-order valence-corrected chi connectivity index (χ1v) is 8.61. The smallest absolute Gasteiger partial charge is 0.158 e. The molecular formula is C13H23NO2S. The van der Waals surface area contributed by atoms with Crippen LogP contribution >= 0.6 is 0 Å². The van der Waals surface area contributed by atoms with Gasteiger partial charge in [-0.3, -0.25) is 0 Å². The van der Waals surface area contributed by atoms with E-state index in [1.807, 2.05) is 6.92 Å². The van der Waals surface area contributed by atoms with Crippen LogP contribution < -0.4 is 5.32 Å². The van der Waals surface area contributed by atoms with E-state index in [9.17, 15) is 8.42 Å². The molecule has 3 rings (SSSR count). The fraction of sp³-hybridized carbons (Fsp3) is 1.00. The maximum atomic E-state index is 12.4. The minimum absolute atomic E-state index is 0.0990. The van der Waals surface area contributed by atoms with Crippen molar-refractivity contribution in [3.05, 3.63) is 0 Å². The summed E-state index contributed by atoms with van der Waals surface area (Å²) in [5, 5.41) is 3.16. The van der Waals surface area contributed by atoms with E-state index in [-0.39, 0.29) is 16.5 Å². The number of hydrogen-bond acceptors (Lipinski definition) is 3. The second-order valence-electron chi connectivity index (χ2n) is 6.40. The quantitative estimate of drug-likeness (QED) is 0.720. The zero-order chi connectivity index (χ0) is 12.1. The van der Waals surface area contributed by atoms with Gasteiger partial charge in [0.1, 0.15) is 0 Å². The Bertz CT molecular complexity index is 398. The third-order valence-electron chi connectivity index (χ3n) is 5.38. The topological polar surface area (TPSA) is 46.2 Å². The molecule has 0 aromatic heterocycles. The van der Waals surface area contributed by atoms with Gasteiger partial charge in [-0.15, -0.1) is 0 Å². The van der Waals surface area contributed by atoms with Crippen molar-refractivity contribution >= 4 is 9.84 Å². The molecule has 3 nitrogen and oxygen atoms in total. The Morgan fingerprint density at radius 2 is 1.88 bits per heavy atom. The molecule has 0 aromatic rings. The van der Waals surface area contributed by atoms with Crippen LogP contribution in [0, 0.1) is 5.41 Å². The van der Waals surface area contributed by atoms with E-state index < -0.39 is 9.84 Å². The fourth-order valence-electron chi connectivity index (χ4n) is 4.21. The van der Waals surface area contributed by atoms with Crippen LogP contribution in [0.2, 0.25) is 0 Å². The van der Waals surface area contributed by atoms with E-state index in [1.165, 1.54) is 32.1 Å². The predicted octanol–water partition coefficient (Wildman–Crippen LogP) is 1.87. The highest BCUT2D eigenvalue weighted by Gasteiger charge is 2.50. The standard InChI is InChI=1S/C13H23NO2S/c1-10-9-14-11-4-7-13(5-2-3-6-13)8-12(11)17(10,15)16/h10-12,14H,2-9H2,1H3. The van der Waals surface area contributed by atoms with Crippen molar-refractivity contribution < 1.29 is 8.42 Å². The predicted molar refractivity (Wildman–Crippen MR) is 68.7 cm³/mol. The van der Waals surface area contributed by atoms with E-state index >= 15 is 0 Å². The summed E-state index contributed by atoms with van der Waals surface area (Å²) in [6.45, 7) is 2.50. The molecule has 1 saturated heterocycles. The van der Waals surface area contributed by atoms with Crippen LogP contribution in [-0.4, -0.2) is 31.5 Å². The van der Waals surface area contributed by atoms with Crippen molar-refractivity contribution in [2.75, 3.05) is 6.54 Å². The summed E-state index contributed by atoms with van der Waals surface area (Å²) in [4.78, 5) is 0.